The molecule has 19 heavy (non-hydrogen) atoms. The quantitative estimate of drug-likeness (QED) is 0.506. The highest BCUT2D eigenvalue weighted by Crippen LogP contribution is 2.31. The molecular weight excluding hydrogens is 279 g/mol. The fraction of sp³-hybridized carbons (Fsp3) is 0.0909. The molecular formula is C11H8F3N3OS. The van der Waals surface area contributed by atoms with E-state index in [-0.39, 0.29) is 5.69 Å². The zero-order valence-electron chi connectivity index (χ0n) is 9.36. The van der Waals surface area contributed by atoms with Gasteiger partial charge >= 0.3 is 6.18 Å². The topological polar surface area (TPSA) is 68.0 Å². The Labute approximate surface area is 110 Å². The Hall–Kier alpha value is -1.93. The summed E-state index contributed by atoms with van der Waals surface area (Å²) < 4.78 is 37.2. The molecule has 0 saturated heterocycles. The van der Waals surface area contributed by atoms with E-state index in [4.69, 9.17) is 5.84 Å². The van der Waals surface area contributed by atoms with Gasteiger partial charge in [0.25, 0.3) is 5.91 Å². The summed E-state index contributed by atoms with van der Waals surface area (Å²) in [6, 6.07) is 4.57. The van der Waals surface area contributed by atoms with Gasteiger partial charge in [0, 0.05) is 10.9 Å². The number of aromatic nitrogens is 1. The standard InChI is InChI=1S/C11H8F3N3OS/c12-11(13,14)7-3-1-6(2-4-7)10-16-8(5-19-10)9(18)17-15/h1-5H,15H2,(H,17,18). The van der Waals surface area contributed by atoms with Gasteiger partial charge < -0.3 is 0 Å². The monoisotopic (exact) mass is 287 g/mol. The van der Waals surface area contributed by atoms with E-state index >= 15 is 0 Å². The number of hydrogen-bond donors (Lipinski definition) is 2. The van der Waals surface area contributed by atoms with Crippen molar-refractivity contribution in [2.45, 2.75) is 6.18 Å². The third-order valence-corrected chi connectivity index (χ3v) is 3.22. The van der Waals surface area contributed by atoms with Crippen LogP contribution in [0.4, 0.5) is 13.2 Å². The van der Waals surface area contributed by atoms with Crippen molar-refractivity contribution in [3.8, 4) is 10.6 Å². The number of rotatable bonds is 2. The zero-order chi connectivity index (χ0) is 14.0. The second-order valence-electron chi connectivity index (χ2n) is 3.59. The van der Waals surface area contributed by atoms with Crippen LogP contribution in [0.25, 0.3) is 10.6 Å². The van der Waals surface area contributed by atoms with Crippen molar-refractivity contribution >= 4 is 17.2 Å². The number of benzene rings is 1. The van der Waals surface area contributed by atoms with Gasteiger partial charge in [-0.3, -0.25) is 10.2 Å². The molecule has 0 bridgehead atoms. The van der Waals surface area contributed by atoms with E-state index in [9.17, 15) is 18.0 Å². The molecule has 1 amide bonds. The summed E-state index contributed by atoms with van der Waals surface area (Å²) in [5.74, 6) is 4.41. The first-order valence-corrected chi connectivity index (χ1v) is 5.94. The highest BCUT2D eigenvalue weighted by atomic mass is 32.1. The zero-order valence-corrected chi connectivity index (χ0v) is 10.2. The third-order valence-electron chi connectivity index (χ3n) is 2.33. The Morgan fingerprint density at radius 3 is 2.42 bits per heavy atom. The number of carbonyl (C=O) groups excluding carboxylic acids is 1. The highest BCUT2D eigenvalue weighted by Gasteiger charge is 2.30. The van der Waals surface area contributed by atoms with Crippen LogP contribution in [0.15, 0.2) is 29.6 Å². The maximum Gasteiger partial charge on any atom is 0.416 e. The first kappa shape index (κ1) is 13.5. The lowest BCUT2D eigenvalue weighted by atomic mass is 10.1. The molecule has 1 heterocycles. The van der Waals surface area contributed by atoms with E-state index in [1.54, 1.807) is 0 Å². The summed E-state index contributed by atoms with van der Waals surface area (Å²) in [7, 11) is 0. The summed E-state index contributed by atoms with van der Waals surface area (Å²) in [4.78, 5) is 15.2. The van der Waals surface area contributed by atoms with E-state index in [0.29, 0.717) is 10.6 Å². The molecule has 1 aromatic carbocycles. The molecule has 0 atom stereocenters. The molecule has 2 aromatic rings. The van der Waals surface area contributed by atoms with Gasteiger partial charge in [0.1, 0.15) is 10.7 Å². The fourth-order valence-corrected chi connectivity index (χ4v) is 2.19. The van der Waals surface area contributed by atoms with Crippen LogP contribution >= 0.6 is 11.3 Å². The molecule has 0 saturated carbocycles. The van der Waals surface area contributed by atoms with Crippen molar-refractivity contribution < 1.29 is 18.0 Å². The molecule has 4 nitrogen and oxygen atoms in total. The number of nitrogens with two attached hydrogens (primary N) is 1. The van der Waals surface area contributed by atoms with E-state index in [1.807, 2.05) is 5.43 Å². The maximum absolute atomic E-state index is 12.4. The van der Waals surface area contributed by atoms with E-state index < -0.39 is 17.6 Å². The number of alkyl halides is 3. The normalized spacial score (nSPS) is 11.4. The number of halogens is 3. The Morgan fingerprint density at radius 1 is 1.26 bits per heavy atom. The third kappa shape index (κ3) is 2.91. The molecule has 0 spiro atoms. The van der Waals surface area contributed by atoms with Crippen molar-refractivity contribution in [3.05, 3.63) is 40.9 Å². The van der Waals surface area contributed by atoms with Gasteiger partial charge in [0.05, 0.1) is 5.56 Å². The molecule has 0 fully saturated rings. The lowest BCUT2D eigenvalue weighted by Crippen LogP contribution is -2.30. The predicted molar refractivity (Wildman–Crippen MR) is 64.2 cm³/mol. The van der Waals surface area contributed by atoms with Crippen molar-refractivity contribution in [1.29, 1.82) is 0 Å². The number of nitrogen functional groups attached to an aromatic ring is 1. The number of hydrogen-bond acceptors (Lipinski definition) is 4. The molecule has 0 unspecified atom stereocenters. The van der Waals surface area contributed by atoms with Gasteiger partial charge in [-0.05, 0) is 12.1 Å². The van der Waals surface area contributed by atoms with Crippen molar-refractivity contribution in [2.75, 3.05) is 0 Å². The van der Waals surface area contributed by atoms with Crippen LogP contribution in [0, 0.1) is 0 Å². The summed E-state index contributed by atoms with van der Waals surface area (Å²) in [6.07, 6.45) is -4.37. The highest BCUT2D eigenvalue weighted by molar-refractivity contribution is 7.13. The number of carbonyl (C=O) groups is 1. The van der Waals surface area contributed by atoms with Crippen molar-refractivity contribution in [3.63, 3.8) is 0 Å². The summed E-state index contributed by atoms with van der Waals surface area (Å²) in [6.45, 7) is 0. The van der Waals surface area contributed by atoms with E-state index in [0.717, 1.165) is 23.5 Å². The van der Waals surface area contributed by atoms with Gasteiger partial charge in [-0.25, -0.2) is 10.8 Å². The molecule has 100 valence electrons. The number of amides is 1. The minimum atomic E-state index is -4.37. The largest absolute Gasteiger partial charge is 0.416 e. The smallest absolute Gasteiger partial charge is 0.289 e. The van der Waals surface area contributed by atoms with Gasteiger partial charge in [-0.2, -0.15) is 13.2 Å². The Morgan fingerprint density at radius 2 is 1.89 bits per heavy atom. The summed E-state index contributed by atoms with van der Waals surface area (Å²) in [5, 5.41) is 1.93. The van der Waals surface area contributed by atoms with Crippen LogP contribution in [-0.4, -0.2) is 10.9 Å². The van der Waals surface area contributed by atoms with Crippen molar-refractivity contribution in [1.82, 2.24) is 10.4 Å². The number of hydrazine groups is 1. The van der Waals surface area contributed by atoms with Crippen LogP contribution in [0.2, 0.25) is 0 Å². The van der Waals surface area contributed by atoms with E-state index in [2.05, 4.69) is 4.98 Å². The Kier molecular flexibility index (Phi) is 3.54. The second kappa shape index (κ2) is 4.98. The molecule has 0 radical (unpaired) electrons. The lowest BCUT2D eigenvalue weighted by Gasteiger charge is -2.06. The average molecular weight is 287 g/mol. The van der Waals surface area contributed by atoms with Gasteiger partial charge in [0.2, 0.25) is 0 Å². The van der Waals surface area contributed by atoms with Crippen LogP contribution in [0.1, 0.15) is 16.1 Å². The number of thiazole rings is 1. The van der Waals surface area contributed by atoms with Gasteiger partial charge in [-0.15, -0.1) is 11.3 Å². The predicted octanol–water partition coefficient (Wildman–Crippen LogP) is 2.43. The lowest BCUT2D eigenvalue weighted by molar-refractivity contribution is -0.137. The molecule has 0 aliphatic carbocycles. The van der Waals surface area contributed by atoms with Crippen LogP contribution < -0.4 is 11.3 Å². The summed E-state index contributed by atoms with van der Waals surface area (Å²) in [5.41, 5.74) is 1.84. The number of nitrogens with one attached hydrogen (secondary N) is 1. The molecule has 2 rings (SSSR count). The van der Waals surface area contributed by atoms with Gasteiger partial charge in [0.15, 0.2) is 0 Å². The van der Waals surface area contributed by atoms with Crippen molar-refractivity contribution in [2.24, 2.45) is 5.84 Å². The number of nitrogens with zero attached hydrogens (tertiary/aromatic N) is 1. The average Bonchev–Trinajstić information content (AvgIpc) is 2.86. The van der Waals surface area contributed by atoms with Crippen LogP contribution in [-0.2, 0) is 6.18 Å². The minimum absolute atomic E-state index is 0.127. The van der Waals surface area contributed by atoms with E-state index in [1.165, 1.54) is 17.5 Å². The molecule has 3 N–H and O–H groups in total. The minimum Gasteiger partial charge on any atom is -0.289 e. The first-order chi connectivity index (χ1) is 8.91. The molecule has 0 aliphatic heterocycles. The Balaban J connectivity index is 2.28. The molecule has 1 aromatic heterocycles. The molecule has 8 heteroatoms. The molecule has 0 aliphatic rings. The Bertz CT molecular complexity index is 592. The maximum atomic E-state index is 12.4. The SMILES string of the molecule is NNC(=O)c1csc(-c2ccc(C(F)(F)F)cc2)n1. The fourth-order valence-electron chi connectivity index (χ4n) is 1.39. The van der Waals surface area contributed by atoms with Crippen LogP contribution in [0.3, 0.4) is 0 Å². The second-order valence-corrected chi connectivity index (χ2v) is 4.44. The summed E-state index contributed by atoms with van der Waals surface area (Å²) >= 11 is 1.15. The van der Waals surface area contributed by atoms with Gasteiger partial charge in [-0.1, -0.05) is 12.1 Å². The van der Waals surface area contributed by atoms with Crippen LogP contribution in [0.5, 0.6) is 0 Å². The first-order valence-electron chi connectivity index (χ1n) is 5.06.